The smallest absolute Gasteiger partial charge is 0.0522 e. The molecule has 0 saturated heterocycles. The fraction of sp³-hybridized carbons (Fsp3) is 0.533. The first-order valence-electron chi connectivity index (χ1n) is 7.09. The van der Waals surface area contributed by atoms with E-state index in [1.807, 2.05) is 17.9 Å². The maximum absolute atomic E-state index is 4.20. The summed E-state index contributed by atoms with van der Waals surface area (Å²) in [5, 5.41) is 7.71. The van der Waals surface area contributed by atoms with E-state index >= 15 is 0 Å². The van der Waals surface area contributed by atoms with E-state index in [1.54, 1.807) is 0 Å². The maximum Gasteiger partial charge on any atom is 0.0522 e. The summed E-state index contributed by atoms with van der Waals surface area (Å²) in [6, 6.07) is 2.70. The van der Waals surface area contributed by atoms with Crippen molar-refractivity contribution >= 4 is 0 Å². The van der Waals surface area contributed by atoms with E-state index in [-0.39, 0.29) is 0 Å². The van der Waals surface area contributed by atoms with Crippen LogP contribution in [-0.4, -0.2) is 20.9 Å². The van der Waals surface area contributed by atoms with Crippen molar-refractivity contribution in [2.45, 2.75) is 39.3 Å². The minimum Gasteiger partial charge on any atom is -0.354 e. The zero-order valence-corrected chi connectivity index (χ0v) is 12.1. The van der Waals surface area contributed by atoms with Gasteiger partial charge in [0, 0.05) is 38.2 Å². The van der Waals surface area contributed by atoms with Crippen LogP contribution in [0.2, 0.25) is 0 Å². The fourth-order valence-corrected chi connectivity index (χ4v) is 2.41. The third-order valence-electron chi connectivity index (χ3n) is 3.45. The van der Waals surface area contributed by atoms with Crippen LogP contribution < -0.4 is 5.32 Å². The minimum absolute atomic E-state index is 0.477. The molecule has 0 aliphatic rings. The van der Waals surface area contributed by atoms with E-state index < -0.39 is 0 Å². The summed E-state index contributed by atoms with van der Waals surface area (Å²) in [5.41, 5.74) is 2.67. The Morgan fingerprint density at radius 3 is 2.79 bits per heavy atom. The van der Waals surface area contributed by atoms with Crippen molar-refractivity contribution in [2.75, 3.05) is 6.54 Å². The molecule has 0 bridgehead atoms. The Morgan fingerprint density at radius 2 is 2.16 bits per heavy atom. The molecule has 4 heteroatoms. The van der Waals surface area contributed by atoms with Gasteiger partial charge in [0.15, 0.2) is 0 Å². The quantitative estimate of drug-likeness (QED) is 0.830. The van der Waals surface area contributed by atoms with Gasteiger partial charge in [0.25, 0.3) is 0 Å². The number of aryl methyl sites for hydroxylation is 3. The predicted molar refractivity (Wildman–Crippen MR) is 78.1 cm³/mol. The SMILES string of the molecule is CCNC(CC)c1ccn(CCc2cnn(C)c2)c1. The molecular weight excluding hydrogens is 236 g/mol. The average molecular weight is 260 g/mol. The summed E-state index contributed by atoms with van der Waals surface area (Å²) in [4.78, 5) is 0. The Labute approximate surface area is 115 Å². The van der Waals surface area contributed by atoms with Gasteiger partial charge < -0.3 is 9.88 Å². The van der Waals surface area contributed by atoms with Crippen molar-refractivity contribution in [3.8, 4) is 0 Å². The largest absolute Gasteiger partial charge is 0.354 e. The molecule has 1 N–H and O–H groups in total. The van der Waals surface area contributed by atoms with Crippen LogP contribution in [-0.2, 0) is 20.0 Å². The standard InChI is InChI=1S/C15H24N4/c1-4-15(16-5-2)14-7-9-19(12-14)8-6-13-10-17-18(3)11-13/h7,9-12,15-16H,4-6,8H2,1-3H3. The van der Waals surface area contributed by atoms with Gasteiger partial charge >= 0.3 is 0 Å². The summed E-state index contributed by atoms with van der Waals surface area (Å²) in [6.45, 7) is 6.40. The Bertz CT molecular complexity index is 498. The van der Waals surface area contributed by atoms with Crippen molar-refractivity contribution in [3.63, 3.8) is 0 Å². The highest BCUT2D eigenvalue weighted by molar-refractivity contribution is 5.15. The molecule has 2 heterocycles. The zero-order chi connectivity index (χ0) is 13.7. The lowest BCUT2D eigenvalue weighted by atomic mass is 10.1. The molecule has 0 saturated carbocycles. The second-order valence-corrected chi connectivity index (χ2v) is 4.97. The second kappa shape index (κ2) is 6.57. The lowest BCUT2D eigenvalue weighted by Crippen LogP contribution is -2.19. The number of nitrogens with zero attached hydrogens (tertiary/aromatic N) is 3. The van der Waals surface area contributed by atoms with Crippen LogP contribution in [0.1, 0.15) is 37.4 Å². The molecule has 19 heavy (non-hydrogen) atoms. The van der Waals surface area contributed by atoms with Gasteiger partial charge in [-0.05, 0) is 36.6 Å². The average Bonchev–Trinajstić information content (AvgIpc) is 3.02. The molecular formula is C15H24N4. The fourth-order valence-electron chi connectivity index (χ4n) is 2.41. The molecule has 0 aromatic carbocycles. The molecule has 104 valence electrons. The van der Waals surface area contributed by atoms with E-state index in [2.05, 4.69) is 53.5 Å². The third kappa shape index (κ3) is 3.70. The topological polar surface area (TPSA) is 34.8 Å². The molecule has 0 fully saturated rings. The van der Waals surface area contributed by atoms with Gasteiger partial charge in [0.05, 0.1) is 6.20 Å². The number of rotatable bonds is 7. The number of aromatic nitrogens is 3. The first-order chi connectivity index (χ1) is 9.22. The highest BCUT2D eigenvalue weighted by atomic mass is 15.2. The van der Waals surface area contributed by atoms with Crippen molar-refractivity contribution in [3.05, 3.63) is 42.0 Å². The van der Waals surface area contributed by atoms with Gasteiger partial charge in [0.2, 0.25) is 0 Å². The number of hydrogen-bond acceptors (Lipinski definition) is 2. The molecule has 1 atom stereocenters. The molecule has 2 aromatic heterocycles. The number of nitrogens with one attached hydrogen (secondary N) is 1. The van der Waals surface area contributed by atoms with Crippen LogP contribution in [0.25, 0.3) is 0 Å². The van der Waals surface area contributed by atoms with Gasteiger partial charge in [-0.1, -0.05) is 13.8 Å². The number of hydrogen-bond donors (Lipinski definition) is 1. The summed E-state index contributed by atoms with van der Waals surface area (Å²) in [5.74, 6) is 0. The van der Waals surface area contributed by atoms with Gasteiger partial charge in [-0.2, -0.15) is 5.10 Å². The minimum atomic E-state index is 0.477. The summed E-state index contributed by atoms with van der Waals surface area (Å²) in [7, 11) is 1.96. The monoisotopic (exact) mass is 260 g/mol. The van der Waals surface area contributed by atoms with Crippen molar-refractivity contribution in [1.82, 2.24) is 19.7 Å². The highest BCUT2D eigenvalue weighted by Crippen LogP contribution is 2.17. The van der Waals surface area contributed by atoms with Crippen molar-refractivity contribution in [1.29, 1.82) is 0 Å². The van der Waals surface area contributed by atoms with Crippen LogP contribution >= 0.6 is 0 Å². The van der Waals surface area contributed by atoms with E-state index in [9.17, 15) is 0 Å². The van der Waals surface area contributed by atoms with Crippen LogP contribution in [0.3, 0.4) is 0 Å². The molecule has 0 spiro atoms. The summed E-state index contributed by atoms with van der Waals surface area (Å²) < 4.78 is 4.12. The van der Waals surface area contributed by atoms with E-state index in [0.29, 0.717) is 6.04 Å². The van der Waals surface area contributed by atoms with Crippen molar-refractivity contribution in [2.24, 2.45) is 7.05 Å². The van der Waals surface area contributed by atoms with Crippen LogP contribution in [0.5, 0.6) is 0 Å². The first-order valence-corrected chi connectivity index (χ1v) is 7.09. The van der Waals surface area contributed by atoms with Gasteiger partial charge in [0.1, 0.15) is 0 Å². The van der Waals surface area contributed by atoms with Gasteiger partial charge in [-0.25, -0.2) is 0 Å². The van der Waals surface area contributed by atoms with E-state index in [0.717, 1.165) is 25.9 Å². The van der Waals surface area contributed by atoms with E-state index in [1.165, 1.54) is 11.1 Å². The highest BCUT2D eigenvalue weighted by Gasteiger charge is 2.08. The lowest BCUT2D eigenvalue weighted by Gasteiger charge is -2.13. The lowest BCUT2D eigenvalue weighted by molar-refractivity contribution is 0.535. The molecule has 2 rings (SSSR count). The molecule has 4 nitrogen and oxygen atoms in total. The maximum atomic E-state index is 4.20. The Hall–Kier alpha value is -1.55. The van der Waals surface area contributed by atoms with Crippen LogP contribution in [0, 0.1) is 0 Å². The Morgan fingerprint density at radius 1 is 1.32 bits per heavy atom. The van der Waals surface area contributed by atoms with Crippen molar-refractivity contribution < 1.29 is 0 Å². The molecule has 0 aliphatic carbocycles. The normalized spacial score (nSPS) is 12.8. The predicted octanol–water partition coefficient (Wildman–Crippen LogP) is 2.52. The van der Waals surface area contributed by atoms with Crippen LogP contribution in [0.15, 0.2) is 30.9 Å². The van der Waals surface area contributed by atoms with Crippen LogP contribution in [0.4, 0.5) is 0 Å². The summed E-state index contributed by atoms with van der Waals surface area (Å²) >= 11 is 0. The molecule has 1 unspecified atom stereocenters. The third-order valence-corrected chi connectivity index (χ3v) is 3.45. The first kappa shape index (κ1) is 13.9. The molecule has 0 radical (unpaired) electrons. The second-order valence-electron chi connectivity index (χ2n) is 4.97. The zero-order valence-electron chi connectivity index (χ0n) is 12.1. The molecule has 0 amide bonds. The van der Waals surface area contributed by atoms with Gasteiger partial charge in [-0.15, -0.1) is 0 Å². The molecule has 0 aliphatic heterocycles. The molecule has 2 aromatic rings. The van der Waals surface area contributed by atoms with E-state index in [4.69, 9.17) is 0 Å². The Balaban J connectivity index is 1.93. The van der Waals surface area contributed by atoms with Gasteiger partial charge in [-0.3, -0.25) is 4.68 Å². The summed E-state index contributed by atoms with van der Waals surface area (Å²) in [6.07, 6.45) is 10.6. The Kier molecular flexibility index (Phi) is 4.80.